The van der Waals surface area contributed by atoms with Crippen LogP contribution in [0, 0.1) is 12.3 Å². The van der Waals surface area contributed by atoms with Crippen molar-refractivity contribution in [2.45, 2.75) is 45.4 Å². The summed E-state index contributed by atoms with van der Waals surface area (Å²) in [5.74, 6) is 0.948. The Labute approximate surface area is 172 Å². The number of aromatic nitrogens is 1. The number of benzene rings is 2. The lowest BCUT2D eigenvalue weighted by Crippen LogP contribution is -2.40. The van der Waals surface area contributed by atoms with Crippen molar-refractivity contribution in [1.29, 1.82) is 0 Å². The quantitative estimate of drug-likeness (QED) is 0.611. The van der Waals surface area contributed by atoms with Crippen LogP contribution >= 0.6 is 0 Å². The molecule has 1 heterocycles. The molecule has 0 bridgehead atoms. The van der Waals surface area contributed by atoms with Gasteiger partial charge in [-0.2, -0.15) is 0 Å². The molecular formula is C25H28N2O2. The number of para-hydroxylation sites is 1. The predicted octanol–water partition coefficient (Wildman–Crippen LogP) is 5.68. The van der Waals surface area contributed by atoms with Crippen molar-refractivity contribution in [1.82, 2.24) is 4.98 Å². The van der Waals surface area contributed by atoms with Crippen LogP contribution in [-0.4, -0.2) is 18.0 Å². The summed E-state index contributed by atoms with van der Waals surface area (Å²) >= 11 is 0. The fraction of sp³-hybridized carbons (Fsp3) is 0.360. The number of hydrogen-bond acceptors (Lipinski definition) is 3. The SMILES string of the molecule is COc1cccc(CC2(C(=O)Nc3cc4ccccc4nc3C)CCCCC2)c1. The maximum atomic E-state index is 13.6. The van der Waals surface area contributed by atoms with E-state index in [0.29, 0.717) is 0 Å². The average Bonchev–Trinajstić information content (AvgIpc) is 2.75. The third kappa shape index (κ3) is 4.12. The van der Waals surface area contributed by atoms with Gasteiger partial charge in [-0.3, -0.25) is 9.78 Å². The number of methoxy groups -OCH3 is 1. The molecule has 0 unspecified atom stereocenters. The number of nitrogens with one attached hydrogen (secondary N) is 1. The van der Waals surface area contributed by atoms with Crippen molar-refractivity contribution >= 4 is 22.5 Å². The highest BCUT2D eigenvalue weighted by atomic mass is 16.5. The highest BCUT2D eigenvalue weighted by molar-refractivity contribution is 5.97. The number of aryl methyl sites for hydroxylation is 1. The third-order valence-electron chi connectivity index (χ3n) is 6.13. The monoisotopic (exact) mass is 388 g/mol. The van der Waals surface area contributed by atoms with E-state index in [0.717, 1.165) is 65.7 Å². The van der Waals surface area contributed by atoms with Gasteiger partial charge in [-0.25, -0.2) is 0 Å². The minimum absolute atomic E-state index is 0.111. The molecule has 1 amide bonds. The normalized spacial score (nSPS) is 15.8. The van der Waals surface area contributed by atoms with Crippen LogP contribution < -0.4 is 10.1 Å². The van der Waals surface area contributed by atoms with Gasteiger partial charge < -0.3 is 10.1 Å². The lowest BCUT2D eigenvalue weighted by Gasteiger charge is -2.36. The second-order valence-electron chi connectivity index (χ2n) is 8.14. The van der Waals surface area contributed by atoms with Crippen molar-refractivity contribution < 1.29 is 9.53 Å². The third-order valence-corrected chi connectivity index (χ3v) is 6.13. The average molecular weight is 389 g/mol. The van der Waals surface area contributed by atoms with Crippen LogP contribution in [0.25, 0.3) is 10.9 Å². The van der Waals surface area contributed by atoms with Crippen LogP contribution in [0.15, 0.2) is 54.6 Å². The van der Waals surface area contributed by atoms with Gasteiger partial charge in [0, 0.05) is 5.39 Å². The number of ether oxygens (including phenoxy) is 1. The molecule has 4 rings (SSSR count). The summed E-state index contributed by atoms with van der Waals surface area (Å²) in [6, 6.07) is 18.1. The Balaban J connectivity index is 1.63. The maximum absolute atomic E-state index is 13.6. The van der Waals surface area contributed by atoms with Crippen molar-refractivity contribution in [3.05, 3.63) is 65.9 Å². The zero-order valence-corrected chi connectivity index (χ0v) is 17.2. The molecule has 29 heavy (non-hydrogen) atoms. The highest BCUT2D eigenvalue weighted by Gasteiger charge is 2.39. The summed E-state index contributed by atoms with van der Waals surface area (Å²) in [5.41, 5.74) is 3.37. The molecule has 1 saturated carbocycles. The summed E-state index contributed by atoms with van der Waals surface area (Å²) in [7, 11) is 1.68. The van der Waals surface area contributed by atoms with Crippen molar-refractivity contribution in [2.75, 3.05) is 12.4 Å². The van der Waals surface area contributed by atoms with Crippen LogP contribution in [-0.2, 0) is 11.2 Å². The first-order valence-corrected chi connectivity index (χ1v) is 10.4. The number of carbonyl (C=O) groups is 1. The van der Waals surface area contributed by atoms with E-state index in [1.165, 1.54) is 6.42 Å². The van der Waals surface area contributed by atoms with Gasteiger partial charge in [-0.1, -0.05) is 49.6 Å². The van der Waals surface area contributed by atoms with Crippen LogP contribution in [0.2, 0.25) is 0 Å². The van der Waals surface area contributed by atoms with E-state index in [1.54, 1.807) is 7.11 Å². The van der Waals surface area contributed by atoms with E-state index in [2.05, 4.69) is 16.4 Å². The van der Waals surface area contributed by atoms with E-state index in [-0.39, 0.29) is 11.3 Å². The Morgan fingerprint density at radius 3 is 2.66 bits per heavy atom. The molecule has 2 aromatic carbocycles. The molecule has 0 spiro atoms. The number of nitrogens with zero attached hydrogens (tertiary/aromatic N) is 1. The van der Waals surface area contributed by atoms with Gasteiger partial charge >= 0.3 is 0 Å². The van der Waals surface area contributed by atoms with Crippen molar-refractivity contribution in [2.24, 2.45) is 5.41 Å². The molecule has 4 nitrogen and oxygen atoms in total. The van der Waals surface area contributed by atoms with Crippen LogP contribution in [0.5, 0.6) is 5.75 Å². The van der Waals surface area contributed by atoms with Crippen LogP contribution in [0.4, 0.5) is 5.69 Å². The number of anilines is 1. The Kier molecular flexibility index (Phi) is 5.52. The summed E-state index contributed by atoms with van der Waals surface area (Å²) in [4.78, 5) is 18.2. The number of carbonyl (C=O) groups excluding carboxylic acids is 1. The molecule has 0 atom stereocenters. The largest absolute Gasteiger partial charge is 0.497 e. The molecular weight excluding hydrogens is 360 g/mol. The number of amides is 1. The van der Waals surface area contributed by atoms with Gasteiger partial charge in [0.2, 0.25) is 5.91 Å². The lowest BCUT2D eigenvalue weighted by atomic mass is 9.69. The van der Waals surface area contributed by atoms with Gasteiger partial charge in [0.15, 0.2) is 0 Å². The molecule has 1 aromatic heterocycles. The molecule has 1 fully saturated rings. The van der Waals surface area contributed by atoms with Gasteiger partial charge in [-0.05, 0) is 56.0 Å². The summed E-state index contributed by atoms with van der Waals surface area (Å²) < 4.78 is 5.38. The van der Waals surface area contributed by atoms with Crippen molar-refractivity contribution in [3.8, 4) is 5.75 Å². The Bertz CT molecular complexity index is 1020. The van der Waals surface area contributed by atoms with Crippen LogP contribution in [0.1, 0.15) is 43.4 Å². The highest BCUT2D eigenvalue weighted by Crippen LogP contribution is 2.41. The second-order valence-corrected chi connectivity index (χ2v) is 8.14. The number of rotatable bonds is 5. The van der Waals surface area contributed by atoms with E-state index >= 15 is 0 Å². The molecule has 4 heteroatoms. The summed E-state index contributed by atoms with van der Waals surface area (Å²) in [6.45, 7) is 1.96. The fourth-order valence-corrected chi connectivity index (χ4v) is 4.48. The van der Waals surface area contributed by atoms with Crippen molar-refractivity contribution in [3.63, 3.8) is 0 Å². The second kappa shape index (κ2) is 8.24. The molecule has 1 aliphatic rings. The van der Waals surface area contributed by atoms with Gasteiger partial charge in [-0.15, -0.1) is 0 Å². The van der Waals surface area contributed by atoms with E-state index in [1.807, 2.05) is 55.5 Å². The summed E-state index contributed by atoms with van der Waals surface area (Å²) in [5, 5.41) is 4.27. The standard InChI is InChI=1S/C25H28N2O2/c1-18-23(16-20-10-4-5-12-22(20)26-18)27-24(28)25(13-6-3-7-14-25)17-19-9-8-11-21(15-19)29-2/h4-5,8-12,15-16H,3,6-7,13-14,17H2,1-2H3,(H,27,28). The molecule has 0 aliphatic heterocycles. The maximum Gasteiger partial charge on any atom is 0.230 e. The van der Waals surface area contributed by atoms with Crippen LogP contribution in [0.3, 0.4) is 0 Å². The topological polar surface area (TPSA) is 51.2 Å². The van der Waals surface area contributed by atoms with Gasteiger partial charge in [0.25, 0.3) is 0 Å². The molecule has 0 radical (unpaired) electrons. The Hall–Kier alpha value is -2.88. The molecule has 3 aromatic rings. The minimum Gasteiger partial charge on any atom is -0.497 e. The first kappa shape index (κ1) is 19.4. The minimum atomic E-state index is -0.386. The fourth-order valence-electron chi connectivity index (χ4n) is 4.48. The first-order valence-electron chi connectivity index (χ1n) is 10.4. The van der Waals surface area contributed by atoms with E-state index < -0.39 is 0 Å². The lowest BCUT2D eigenvalue weighted by molar-refractivity contribution is -0.127. The van der Waals surface area contributed by atoms with E-state index in [9.17, 15) is 4.79 Å². The Morgan fingerprint density at radius 2 is 1.86 bits per heavy atom. The number of pyridine rings is 1. The van der Waals surface area contributed by atoms with E-state index in [4.69, 9.17) is 4.74 Å². The molecule has 1 aliphatic carbocycles. The zero-order chi connectivity index (χ0) is 20.3. The molecule has 1 N–H and O–H groups in total. The molecule has 150 valence electrons. The smallest absolute Gasteiger partial charge is 0.230 e. The zero-order valence-electron chi connectivity index (χ0n) is 17.2. The Morgan fingerprint density at radius 1 is 1.07 bits per heavy atom. The number of hydrogen-bond donors (Lipinski definition) is 1. The van der Waals surface area contributed by atoms with Gasteiger partial charge in [0.05, 0.1) is 29.4 Å². The summed E-state index contributed by atoms with van der Waals surface area (Å²) in [6.07, 6.45) is 5.94. The molecule has 0 saturated heterocycles. The predicted molar refractivity (Wildman–Crippen MR) is 117 cm³/mol. The number of fused-ring (bicyclic) bond motifs is 1. The first-order chi connectivity index (χ1) is 14.1. The van der Waals surface area contributed by atoms with Gasteiger partial charge in [0.1, 0.15) is 5.75 Å².